The highest BCUT2D eigenvalue weighted by molar-refractivity contribution is 9.10. The van der Waals surface area contributed by atoms with Gasteiger partial charge in [0.15, 0.2) is 0 Å². The zero-order chi connectivity index (χ0) is 14.0. The first kappa shape index (κ1) is 14.4. The average molecular weight is 322 g/mol. The van der Waals surface area contributed by atoms with Gasteiger partial charge >= 0.3 is 0 Å². The fourth-order valence-corrected chi connectivity index (χ4v) is 3.31. The van der Waals surface area contributed by atoms with Crippen molar-refractivity contribution in [2.24, 2.45) is 0 Å². The predicted octanol–water partition coefficient (Wildman–Crippen LogP) is 3.23. The zero-order valence-electron chi connectivity index (χ0n) is 11.7. The molecule has 0 aromatic heterocycles. The van der Waals surface area contributed by atoms with Crippen LogP contribution < -0.4 is 10.2 Å². The molecule has 0 saturated carbocycles. The molecule has 1 aliphatic heterocycles. The Kier molecular flexibility index (Phi) is 4.17. The number of rotatable bonds is 2. The number of aryl methyl sites for hydroxylation is 1. The lowest BCUT2D eigenvalue weighted by atomic mass is 9.96. The molecule has 3 nitrogen and oxygen atoms in total. The summed E-state index contributed by atoms with van der Waals surface area (Å²) in [4.78, 5) is 2.39. The highest BCUT2D eigenvalue weighted by atomic mass is 79.9. The van der Waals surface area contributed by atoms with Crippen LogP contribution in [-0.4, -0.2) is 24.7 Å². The first-order chi connectivity index (χ1) is 8.91. The fourth-order valence-electron chi connectivity index (χ4n) is 2.83. The van der Waals surface area contributed by atoms with E-state index in [4.69, 9.17) is 5.26 Å². The Balaban J connectivity index is 2.25. The molecule has 0 radical (unpaired) electrons. The number of hydrogen-bond donors (Lipinski definition) is 1. The van der Waals surface area contributed by atoms with Crippen LogP contribution >= 0.6 is 15.9 Å². The van der Waals surface area contributed by atoms with Gasteiger partial charge in [0.1, 0.15) is 0 Å². The summed E-state index contributed by atoms with van der Waals surface area (Å²) in [6.45, 7) is 8.36. The average Bonchev–Trinajstić information content (AvgIpc) is 2.26. The molecule has 1 unspecified atom stereocenters. The van der Waals surface area contributed by atoms with Crippen LogP contribution in [0.4, 0.5) is 5.69 Å². The first-order valence-corrected chi connectivity index (χ1v) is 7.36. The van der Waals surface area contributed by atoms with E-state index in [2.05, 4.69) is 71.2 Å². The normalized spacial score (nSPS) is 22.1. The molecule has 1 fully saturated rings. The quantitative estimate of drug-likeness (QED) is 0.909. The van der Waals surface area contributed by atoms with E-state index in [-0.39, 0.29) is 11.6 Å². The molecule has 1 aliphatic rings. The van der Waals surface area contributed by atoms with Crippen molar-refractivity contribution in [1.82, 2.24) is 5.32 Å². The van der Waals surface area contributed by atoms with Crippen LogP contribution in [0, 0.1) is 18.3 Å². The standard InChI is InChI=1S/C15H20BrN3/c1-11-8-12(16)4-5-14(11)19-9-13(6-7-17)18-15(2,3)10-19/h4-5,8,13,18H,6,9-10H2,1-3H3. The van der Waals surface area contributed by atoms with Crippen LogP contribution in [0.15, 0.2) is 22.7 Å². The summed E-state index contributed by atoms with van der Waals surface area (Å²) in [6, 6.07) is 8.89. The van der Waals surface area contributed by atoms with Crippen molar-refractivity contribution in [3.63, 3.8) is 0 Å². The number of anilines is 1. The molecule has 102 valence electrons. The van der Waals surface area contributed by atoms with Gasteiger partial charge in [-0.2, -0.15) is 5.26 Å². The van der Waals surface area contributed by atoms with Crippen molar-refractivity contribution in [3.8, 4) is 6.07 Å². The van der Waals surface area contributed by atoms with Gasteiger partial charge in [-0.25, -0.2) is 0 Å². The van der Waals surface area contributed by atoms with Crippen LogP contribution in [0.2, 0.25) is 0 Å². The van der Waals surface area contributed by atoms with Gasteiger partial charge in [0.2, 0.25) is 0 Å². The maximum atomic E-state index is 8.92. The number of benzene rings is 1. The summed E-state index contributed by atoms with van der Waals surface area (Å²) in [5.41, 5.74) is 2.56. The Bertz CT molecular complexity index is 505. The van der Waals surface area contributed by atoms with Crippen molar-refractivity contribution >= 4 is 21.6 Å². The summed E-state index contributed by atoms with van der Waals surface area (Å²) in [6.07, 6.45) is 0.551. The molecule has 1 heterocycles. The number of hydrogen-bond acceptors (Lipinski definition) is 3. The van der Waals surface area contributed by atoms with Crippen LogP contribution in [0.1, 0.15) is 25.8 Å². The van der Waals surface area contributed by atoms with Gasteiger partial charge in [0, 0.05) is 34.8 Å². The molecular weight excluding hydrogens is 302 g/mol. The molecule has 1 N–H and O–H groups in total. The Labute approximate surface area is 123 Å². The van der Waals surface area contributed by atoms with E-state index in [0.717, 1.165) is 17.6 Å². The summed E-state index contributed by atoms with van der Waals surface area (Å²) < 4.78 is 1.11. The molecule has 1 saturated heterocycles. The Morgan fingerprint density at radius 1 is 1.53 bits per heavy atom. The summed E-state index contributed by atoms with van der Waals surface area (Å²) in [7, 11) is 0. The summed E-state index contributed by atoms with van der Waals surface area (Å²) >= 11 is 3.51. The molecule has 1 aromatic carbocycles. The van der Waals surface area contributed by atoms with E-state index < -0.39 is 0 Å². The van der Waals surface area contributed by atoms with Gasteiger partial charge in [-0.3, -0.25) is 0 Å². The van der Waals surface area contributed by atoms with Crippen LogP contribution in [0.25, 0.3) is 0 Å². The minimum Gasteiger partial charge on any atom is -0.368 e. The monoisotopic (exact) mass is 321 g/mol. The molecule has 1 atom stereocenters. The minimum atomic E-state index is 0.0271. The Hall–Kier alpha value is -1.05. The lowest BCUT2D eigenvalue weighted by molar-refractivity contribution is 0.291. The second-order valence-corrected chi connectivity index (χ2v) is 6.81. The van der Waals surface area contributed by atoms with Crippen molar-refractivity contribution in [1.29, 1.82) is 5.26 Å². The topological polar surface area (TPSA) is 39.1 Å². The van der Waals surface area contributed by atoms with E-state index >= 15 is 0 Å². The van der Waals surface area contributed by atoms with Gasteiger partial charge in [-0.05, 0) is 44.5 Å². The third kappa shape index (κ3) is 3.49. The fraction of sp³-hybridized carbons (Fsp3) is 0.533. The largest absolute Gasteiger partial charge is 0.368 e. The van der Waals surface area contributed by atoms with E-state index in [0.29, 0.717) is 6.42 Å². The maximum absolute atomic E-state index is 8.92. The summed E-state index contributed by atoms with van der Waals surface area (Å²) in [5.74, 6) is 0. The second-order valence-electron chi connectivity index (χ2n) is 5.90. The lowest BCUT2D eigenvalue weighted by Crippen LogP contribution is -2.62. The molecule has 0 spiro atoms. The highest BCUT2D eigenvalue weighted by Crippen LogP contribution is 2.27. The van der Waals surface area contributed by atoms with Gasteiger partial charge < -0.3 is 10.2 Å². The second kappa shape index (κ2) is 5.52. The smallest absolute Gasteiger partial charge is 0.0638 e. The molecule has 2 rings (SSSR count). The van der Waals surface area contributed by atoms with Crippen molar-refractivity contribution in [2.75, 3.05) is 18.0 Å². The van der Waals surface area contributed by atoms with E-state index in [1.807, 2.05) is 0 Å². The Morgan fingerprint density at radius 3 is 2.89 bits per heavy atom. The van der Waals surface area contributed by atoms with Crippen LogP contribution in [0.3, 0.4) is 0 Å². The van der Waals surface area contributed by atoms with Crippen molar-refractivity contribution in [2.45, 2.75) is 38.8 Å². The molecule has 0 amide bonds. The lowest BCUT2D eigenvalue weighted by Gasteiger charge is -2.44. The first-order valence-electron chi connectivity index (χ1n) is 6.57. The zero-order valence-corrected chi connectivity index (χ0v) is 13.3. The van der Waals surface area contributed by atoms with Crippen molar-refractivity contribution in [3.05, 3.63) is 28.2 Å². The molecule has 4 heteroatoms. The highest BCUT2D eigenvalue weighted by Gasteiger charge is 2.32. The Morgan fingerprint density at radius 2 is 2.26 bits per heavy atom. The molecular formula is C15H20BrN3. The van der Waals surface area contributed by atoms with Gasteiger partial charge in [0.25, 0.3) is 0 Å². The number of nitrogens with one attached hydrogen (secondary N) is 1. The van der Waals surface area contributed by atoms with Crippen LogP contribution in [-0.2, 0) is 0 Å². The molecule has 19 heavy (non-hydrogen) atoms. The van der Waals surface area contributed by atoms with Gasteiger partial charge in [-0.1, -0.05) is 15.9 Å². The number of piperazine rings is 1. The van der Waals surface area contributed by atoms with Gasteiger partial charge in [-0.15, -0.1) is 0 Å². The third-order valence-corrected chi connectivity index (χ3v) is 3.95. The van der Waals surface area contributed by atoms with Gasteiger partial charge in [0.05, 0.1) is 12.5 Å². The maximum Gasteiger partial charge on any atom is 0.0638 e. The van der Waals surface area contributed by atoms with Crippen LogP contribution in [0.5, 0.6) is 0 Å². The summed E-state index contributed by atoms with van der Waals surface area (Å²) in [5, 5.41) is 12.5. The molecule has 1 aromatic rings. The SMILES string of the molecule is Cc1cc(Br)ccc1N1CC(CC#N)NC(C)(C)C1. The molecule has 0 bridgehead atoms. The van der Waals surface area contributed by atoms with E-state index in [1.165, 1.54) is 11.3 Å². The predicted molar refractivity (Wildman–Crippen MR) is 82.3 cm³/mol. The van der Waals surface area contributed by atoms with E-state index in [9.17, 15) is 0 Å². The number of nitrogens with zero attached hydrogens (tertiary/aromatic N) is 2. The van der Waals surface area contributed by atoms with Crippen molar-refractivity contribution < 1.29 is 0 Å². The third-order valence-electron chi connectivity index (χ3n) is 3.46. The molecule has 0 aliphatic carbocycles. The number of halogens is 1. The van der Waals surface area contributed by atoms with E-state index in [1.54, 1.807) is 0 Å². The number of nitriles is 1. The minimum absolute atomic E-state index is 0.0271.